The second kappa shape index (κ2) is 8.10. The van der Waals surface area contributed by atoms with Gasteiger partial charge < -0.3 is 19.9 Å². The van der Waals surface area contributed by atoms with Crippen LogP contribution in [0.25, 0.3) is 10.8 Å². The fraction of sp³-hybridized carbons (Fsp3) is 0.190. The van der Waals surface area contributed by atoms with Crippen LogP contribution >= 0.6 is 0 Å². The summed E-state index contributed by atoms with van der Waals surface area (Å²) in [4.78, 5) is 12.9. The van der Waals surface area contributed by atoms with Crippen molar-refractivity contribution < 1.29 is 22.5 Å². The maximum atomic E-state index is 12.9. The second-order valence-electron chi connectivity index (χ2n) is 6.85. The van der Waals surface area contributed by atoms with Crippen LogP contribution in [-0.2, 0) is 21.3 Å². The van der Waals surface area contributed by atoms with Crippen LogP contribution in [-0.4, -0.2) is 39.6 Å². The molecule has 0 amide bonds. The first-order valence-corrected chi connectivity index (χ1v) is 10.3. The van der Waals surface area contributed by atoms with E-state index < -0.39 is 22.1 Å². The monoisotopic (exact) mass is 414 g/mol. The topological polar surface area (TPSA) is 110 Å². The summed E-state index contributed by atoms with van der Waals surface area (Å²) in [5, 5.41) is 10.3. The number of aliphatic carboxylic acids is 1. The highest BCUT2D eigenvalue weighted by molar-refractivity contribution is 7.87. The Morgan fingerprint density at radius 2 is 1.66 bits per heavy atom. The number of hydrogen-bond donors (Lipinski definition) is 2. The number of nitrogens with two attached hydrogens (primary N) is 1. The Kier molecular flexibility index (Phi) is 5.76. The third-order valence-corrected chi connectivity index (χ3v) is 5.82. The van der Waals surface area contributed by atoms with Crippen LogP contribution in [0.5, 0.6) is 5.75 Å². The highest BCUT2D eigenvalue weighted by Crippen LogP contribution is 2.31. The number of fused-ring (bicyclic) bond motifs is 1. The summed E-state index contributed by atoms with van der Waals surface area (Å²) in [5.41, 5.74) is 7.09. The van der Waals surface area contributed by atoms with Crippen LogP contribution in [0.3, 0.4) is 0 Å². The molecule has 0 saturated carbocycles. The lowest BCUT2D eigenvalue weighted by Gasteiger charge is -2.17. The minimum Gasteiger partial charge on any atom is -0.480 e. The van der Waals surface area contributed by atoms with Crippen molar-refractivity contribution in [2.45, 2.75) is 17.4 Å². The predicted molar refractivity (Wildman–Crippen MR) is 112 cm³/mol. The van der Waals surface area contributed by atoms with Crippen molar-refractivity contribution in [1.29, 1.82) is 0 Å². The summed E-state index contributed by atoms with van der Waals surface area (Å²) < 4.78 is 31.1. The highest BCUT2D eigenvalue weighted by Gasteiger charge is 2.21. The molecule has 3 rings (SSSR count). The number of carbonyl (C=O) groups is 1. The van der Waals surface area contributed by atoms with Crippen molar-refractivity contribution in [3.8, 4) is 5.75 Å². The number of hydrogen-bond acceptors (Lipinski definition) is 6. The number of carboxylic acid groups (broad SMARTS) is 1. The Balaban J connectivity index is 1.90. The van der Waals surface area contributed by atoms with Gasteiger partial charge in [-0.15, -0.1) is 0 Å². The summed E-state index contributed by atoms with van der Waals surface area (Å²) in [6, 6.07) is 15.7. The zero-order valence-electron chi connectivity index (χ0n) is 16.1. The van der Waals surface area contributed by atoms with E-state index in [0.29, 0.717) is 10.9 Å². The molecule has 0 fully saturated rings. The van der Waals surface area contributed by atoms with Crippen molar-refractivity contribution in [2.75, 3.05) is 19.0 Å². The van der Waals surface area contributed by atoms with Crippen molar-refractivity contribution in [2.24, 2.45) is 5.73 Å². The molecule has 3 N–H and O–H groups in total. The molecular formula is C21H22N2O5S. The minimum atomic E-state index is -4.07. The molecule has 0 aliphatic rings. The molecule has 8 heteroatoms. The molecular weight excluding hydrogens is 392 g/mol. The van der Waals surface area contributed by atoms with Gasteiger partial charge in [-0.2, -0.15) is 8.42 Å². The third-order valence-electron chi connectivity index (χ3n) is 4.51. The Labute approximate surface area is 169 Å². The van der Waals surface area contributed by atoms with Gasteiger partial charge >= 0.3 is 16.1 Å². The number of carboxylic acids is 1. The maximum absolute atomic E-state index is 12.9. The fourth-order valence-corrected chi connectivity index (χ4v) is 4.21. The molecule has 7 nitrogen and oxygen atoms in total. The zero-order chi connectivity index (χ0) is 21.2. The molecule has 29 heavy (non-hydrogen) atoms. The lowest BCUT2D eigenvalue weighted by Crippen LogP contribution is -2.32. The molecule has 152 valence electrons. The van der Waals surface area contributed by atoms with Gasteiger partial charge in [0.05, 0.1) is 0 Å². The van der Waals surface area contributed by atoms with Gasteiger partial charge in [-0.25, -0.2) is 0 Å². The second-order valence-corrected chi connectivity index (χ2v) is 8.37. The highest BCUT2D eigenvalue weighted by atomic mass is 32.2. The van der Waals surface area contributed by atoms with E-state index in [1.807, 2.05) is 31.1 Å². The van der Waals surface area contributed by atoms with E-state index in [2.05, 4.69) is 0 Å². The van der Waals surface area contributed by atoms with E-state index in [0.717, 1.165) is 11.1 Å². The standard InChI is InChI=1S/C21H22N2O5S/c1-23(2)19-7-3-6-17-16(19)5-4-8-20(17)29(26,27)28-15-11-9-14(10-12-15)13-18(22)21(24)25/h3-12,18H,13,22H2,1-2H3,(H,24,25). The van der Waals surface area contributed by atoms with E-state index in [-0.39, 0.29) is 17.1 Å². The summed E-state index contributed by atoms with van der Waals surface area (Å²) in [7, 11) is -0.283. The molecule has 0 aliphatic carbocycles. The Morgan fingerprint density at radius 3 is 2.28 bits per heavy atom. The van der Waals surface area contributed by atoms with Crippen LogP contribution in [0.4, 0.5) is 5.69 Å². The molecule has 0 aliphatic heterocycles. The average Bonchev–Trinajstić information content (AvgIpc) is 2.68. The Bertz CT molecular complexity index is 1140. The van der Waals surface area contributed by atoms with E-state index in [1.165, 1.54) is 18.2 Å². The van der Waals surface area contributed by atoms with Crippen LogP contribution in [0.2, 0.25) is 0 Å². The SMILES string of the molecule is CN(C)c1cccc2c(S(=O)(=O)Oc3ccc(CC(N)C(=O)O)cc3)cccc12. The molecule has 1 atom stereocenters. The number of nitrogens with zero attached hydrogens (tertiary/aromatic N) is 1. The first-order chi connectivity index (χ1) is 13.7. The Hall–Kier alpha value is -3.10. The lowest BCUT2D eigenvalue weighted by molar-refractivity contribution is -0.138. The third kappa shape index (κ3) is 4.49. The molecule has 3 aromatic carbocycles. The van der Waals surface area contributed by atoms with Gasteiger partial charge in [0, 0.05) is 30.6 Å². The quantitative estimate of drug-likeness (QED) is 0.572. The molecule has 1 unspecified atom stereocenters. The summed E-state index contributed by atoms with van der Waals surface area (Å²) in [6.07, 6.45) is 0.138. The van der Waals surface area contributed by atoms with E-state index >= 15 is 0 Å². The normalized spacial score (nSPS) is 12.5. The van der Waals surface area contributed by atoms with Crippen LogP contribution in [0.1, 0.15) is 5.56 Å². The van der Waals surface area contributed by atoms with E-state index in [1.54, 1.807) is 30.3 Å². The molecule has 0 radical (unpaired) electrons. The van der Waals surface area contributed by atoms with E-state index in [9.17, 15) is 13.2 Å². The Morgan fingerprint density at radius 1 is 1.03 bits per heavy atom. The molecule has 0 bridgehead atoms. The van der Waals surface area contributed by atoms with E-state index in [4.69, 9.17) is 15.0 Å². The van der Waals surface area contributed by atoms with Crippen molar-refractivity contribution in [3.63, 3.8) is 0 Å². The molecule has 0 heterocycles. The van der Waals surface area contributed by atoms with Crippen LogP contribution in [0.15, 0.2) is 65.6 Å². The first kappa shape index (κ1) is 20.6. The number of anilines is 1. The van der Waals surface area contributed by atoms with Crippen LogP contribution in [0, 0.1) is 0 Å². The van der Waals surface area contributed by atoms with Gasteiger partial charge in [-0.1, -0.05) is 36.4 Å². The minimum absolute atomic E-state index is 0.0793. The van der Waals surface area contributed by atoms with Crippen molar-refractivity contribution in [3.05, 3.63) is 66.2 Å². The predicted octanol–water partition coefficient (Wildman–Crippen LogP) is 2.63. The summed E-state index contributed by atoms with van der Waals surface area (Å²) in [6.45, 7) is 0. The smallest absolute Gasteiger partial charge is 0.339 e. The van der Waals surface area contributed by atoms with Crippen molar-refractivity contribution >= 4 is 32.5 Å². The molecule has 0 saturated heterocycles. The zero-order valence-corrected chi connectivity index (χ0v) is 16.9. The maximum Gasteiger partial charge on any atom is 0.339 e. The van der Waals surface area contributed by atoms with Gasteiger partial charge in [0.2, 0.25) is 0 Å². The van der Waals surface area contributed by atoms with Gasteiger partial charge in [-0.3, -0.25) is 4.79 Å². The first-order valence-electron chi connectivity index (χ1n) is 8.90. The van der Waals surface area contributed by atoms with Crippen LogP contribution < -0.4 is 14.8 Å². The molecule has 0 aromatic heterocycles. The van der Waals surface area contributed by atoms with Gasteiger partial charge in [0.1, 0.15) is 16.7 Å². The van der Waals surface area contributed by atoms with Gasteiger partial charge in [0.15, 0.2) is 0 Å². The number of rotatable bonds is 7. The molecule has 0 spiro atoms. The van der Waals surface area contributed by atoms with Crippen molar-refractivity contribution in [1.82, 2.24) is 0 Å². The average molecular weight is 414 g/mol. The fourth-order valence-electron chi connectivity index (χ4n) is 3.07. The largest absolute Gasteiger partial charge is 0.480 e. The summed E-state index contributed by atoms with van der Waals surface area (Å²) in [5.74, 6) is -0.959. The van der Waals surface area contributed by atoms with Gasteiger partial charge in [-0.05, 0) is 36.2 Å². The summed E-state index contributed by atoms with van der Waals surface area (Å²) >= 11 is 0. The number of benzene rings is 3. The van der Waals surface area contributed by atoms with Gasteiger partial charge in [0.25, 0.3) is 0 Å². The molecule has 3 aromatic rings. The lowest BCUT2D eigenvalue weighted by atomic mass is 10.1.